The molecule has 0 fully saturated rings. The predicted molar refractivity (Wildman–Crippen MR) is 79.2 cm³/mol. The zero-order chi connectivity index (χ0) is 13.1. The topological polar surface area (TPSA) is 26.0 Å². The van der Waals surface area contributed by atoms with Crippen molar-refractivity contribution in [3.63, 3.8) is 0 Å². The molecule has 0 radical (unpaired) electrons. The lowest BCUT2D eigenvalue weighted by Crippen LogP contribution is -2.32. The Balaban J connectivity index is 4.02. The fraction of sp³-hybridized carbons (Fsp3) is 1.00. The SMILES string of the molecule is CCCCC(CC)CC(N)C(CC)CCCC. The maximum Gasteiger partial charge on any atom is 0.00696 e. The highest BCUT2D eigenvalue weighted by molar-refractivity contribution is 4.75. The van der Waals surface area contributed by atoms with Crippen molar-refractivity contribution < 1.29 is 0 Å². The quantitative estimate of drug-likeness (QED) is 0.533. The number of unbranched alkanes of at least 4 members (excludes halogenated alkanes) is 2. The van der Waals surface area contributed by atoms with Crippen molar-refractivity contribution in [2.75, 3.05) is 0 Å². The van der Waals surface area contributed by atoms with E-state index in [-0.39, 0.29) is 0 Å². The lowest BCUT2D eigenvalue weighted by Gasteiger charge is -2.26. The van der Waals surface area contributed by atoms with Crippen LogP contribution in [-0.4, -0.2) is 6.04 Å². The molecule has 3 atom stereocenters. The normalized spacial score (nSPS) is 16.8. The Morgan fingerprint density at radius 2 is 1.41 bits per heavy atom. The van der Waals surface area contributed by atoms with E-state index >= 15 is 0 Å². The summed E-state index contributed by atoms with van der Waals surface area (Å²) >= 11 is 0. The average Bonchev–Trinajstić information content (AvgIpc) is 2.35. The van der Waals surface area contributed by atoms with Gasteiger partial charge in [0.2, 0.25) is 0 Å². The van der Waals surface area contributed by atoms with Gasteiger partial charge in [-0.15, -0.1) is 0 Å². The Kier molecular flexibility index (Phi) is 11.0. The average molecular weight is 241 g/mol. The summed E-state index contributed by atoms with van der Waals surface area (Å²) in [4.78, 5) is 0. The van der Waals surface area contributed by atoms with Crippen molar-refractivity contribution in [2.24, 2.45) is 17.6 Å². The van der Waals surface area contributed by atoms with E-state index in [0.717, 1.165) is 11.8 Å². The second-order valence-corrected chi connectivity index (χ2v) is 5.63. The zero-order valence-corrected chi connectivity index (χ0v) is 12.7. The van der Waals surface area contributed by atoms with Gasteiger partial charge in [0.1, 0.15) is 0 Å². The third kappa shape index (κ3) is 7.81. The molecule has 0 bridgehead atoms. The summed E-state index contributed by atoms with van der Waals surface area (Å²) in [6.45, 7) is 9.17. The highest BCUT2D eigenvalue weighted by atomic mass is 14.6. The molecule has 1 nitrogen and oxygen atoms in total. The minimum absolute atomic E-state index is 0.438. The first-order valence-corrected chi connectivity index (χ1v) is 7.94. The van der Waals surface area contributed by atoms with E-state index in [9.17, 15) is 0 Å². The summed E-state index contributed by atoms with van der Waals surface area (Å²) in [5, 5.41) is 0. The summed E-state index contributed by atoms with van der Waals surface area (Å²) in [6, 6.07) is 0.438. The summed E-state index contributed by atoms with van der Waals surface area (Å²) in [5.74, 6) is 1.62. The Morgan fingerprint density at radius 3 is 1.88 bits per heavy atom. The molecule has 0 aromatic heterocycles. The second kappa shape index (κ2) is 11.1. The molecule has 0 aliphatic heterocycles. The van der Waals surface area contributed by atoms with E-state index in [1.54, 1.807) is 0 Å². The first-order valence-electron chi connectivity index (χ1n) is 7.94. The molecule has 2 N–H and O–H groups in total. The van der Waals surface area contributed by atoms with Crippen molar-refractivity contribution in [3.8, 4) is 0 Å². The Hall–Kier alpha value is -0.0400. The molecule has 0 aliphatic rings. The molecule has 17 heavy (non-hydrogen) atoms. The molecule has 0 aliphatic carbocycles. The van der Waals surface area contributed by atoms with Gasteiger partial charge in [0.25, 0.3) is 0 Å². The number of hydrogen-bond donors (Lipinski definition) is 1. The monoisotopic (exact) mass is 241 g/mol. The summed E-state index contributed by atoms with van der Waals surface area (Å²) in [5.41, 5.74) is 6.42. The van der Waals surface area contributed by atoms with E-state index in [0.29, 0.717) is 6.04 Å². The van der Waals surface area contributed by atoms with Crippen LogP contribution in [-0.2, 0) is 0 Å². The summed E-state index contributed by atoms with van der Waals surface area (Å²) < 4.78 is 0. The van der Waals surface area contributed by atoms with Gasteiger partial charge >= 0.3 is 0 Å². The van der Waals surface area contributed by atoms with E-state index in [1.165, 1.54) is 57.8 Å². The predicted octanol–water partition coefficient (Wildman–Crippen LogP) is 5.14. The molecular weight excluding hydrogens is 206 g/mol. The molecule has 0 spiro atoms. The minimum atomic E-state index is 0.438. The fourth-order valence-corrected chi connectivity index (χ4v) is 2.75. The maximum absolute atomic E-state index is 6.42. The summed E-state index contributed by atoms with van der Waals surface area (Å²) in [6.07, 6.45) is 11.9. The highest BCUT2D eigenvalue weighted by Crippen LogP contribution is 2.24. The van der Waals surface area contributed by atoms with Crippen LogP contribution in [0.2, 0.25) is 0 Å². The van der Waals surface area contributed by atoms with Crippen LogP contribution in [0, 0.1) is 11.8 Å². The van der Waals surface area contributed by atoms with Crippen molar-refractivity contribution in [2.45, 2.75) is 91.5 Å². The van der Waals surface area contributed by atoms with Crippen LogP contribution in [0.5, 0.6) is 0 Å². The molecule has 3 unspecified atom stereocenters. The van der Waals surface area contributed by atoms with Crippen LogP contribution < -0.4 is 5.73 Å². The highest BCUT2D eigenvalue weighted by Gasteiger charge is 2.19. The van der Waals surface area contributed by atoms with Gasteiger partial charge in [-0.3, -0.25) is 0 Å². The van der Waals surface area contributed by atoms with Crippen LogP contribution in [0.25, 0.3) is 0 Å². The molecule has 0 aromatic rings. The van der Waals surface area contributed by atoms with Gasteiger partial charge in [0, 0.05) is 6.04 Å². The Labute approximate surface area is 110 Å². The van der Waals surface area contributed by atoms with Crippen molar-refractivity contribution >= 4 is 0 Å². The first-order chi connectivity index (χ1) is 8.19. The smallest absolute Gasteiger partial charge is 0.00696 e. The van der Waals surface area contributed by atoms with Crippen LogP contribution in [0.15, 0.2) is 0 Å². The molecule has 0 amide bonds. The van der Waals surface area contributed by atoms with E-state index < -0.39 is 0 Å². The van der Waals surface area contributed by atoms with Gasteiger partial charge in [0.15, 0.2) is 0 Å². The van der Waals surface area contributed by atoms with Crippen molar-refractivity contribution in [3.05, 3.63) is 0 Å². The molecule has 0 saturated carbocycles. The lowest BCUT2D eigenvalue weighted by molar-refractivity contribution is 0.295. The second-order valence-electron chi connectivity index (χ2n) is 5.63. The third-order valence-electron chi connectivity index (χ3n) is 4.21. The number of nitrogens with two attached hydrogens (primary N) is 1. The third-order valence-corrected chi connectivity index (χ3v) is 4.21. The Bertz CT molecular complexity index is 156. The minimum Gasteiger partial charge on any atom is -0.327 e. The van der Waals surface area contributed by atoms with E-state index in [4.69, 9.17) is 5.73 Å². The van der Waals surface area contributed by atoms with Gasteiger partial charge < -0.3 is 5.73 Å². The van der Waals surface area contributed by atoms with Crippen LogP contribution >= 0.6 is 0 Å². The van der Waals surface area contributed by atoms with Gasteiger partial charge in [0.05, 0.1) is 0 Å². The first kappa shape index (κ1) is 17.0. The van der Waals surface area contributed by atoms with Crippen molar-refractivity contribution in [1.82, 2.24) is 0 Å². The fourth-order valence-electron chi connectivity index (χ4n) is 2.75. The summed E-state index contributed by atoms with van der Waals surface area (Å²) in [7, 11) is 0. The molecule has 0 rings (SSSR count). The van der Waals surface area contributed by atoms with Gasteiger partial charge in [-0.05, 0) is 24.7 Å². The number of rotatable bonds is 11. The Morgan fingerprint density at radius 1 is 0.824 bits per heavy atom. The van der Waals surface area contributed by atoms with Gasteiger partial charge in [-0.1, -0.05) is 72.6 Å². The van der Waals surface area contributed by atoms with E-state index in [1.807, 2.05) is 0 Å². The van der Waals surface area contributed by atoms with E-state index in [2.05, 4.69) is 27.7 Å². The van der Waals surface area contributed by atoms with Gasteiger partial charge in [-0.2, -0.15) is 0 Å². The van der Waals surface area contributed by atoms with Crippen molar-refractivity contribution in [1.29, 1.82) is 0 Å². The molecule has 0 aromatic carbocycles. The molecule has 0 heterocycles. The van der Waals surface area contributed by atoms with Crippen LogP contribution in [0.3, 0.4) is 0 Å². The molecule has 0 saturated heterocycles. The maximum atomic E-state index is 6.42. The molecule has 104 valence electrons. The zero-order valence-electron chi connectivity index (χ0n) is 12.7. The van der Waals surface area contributed by atoms with Gasteiger partial charge in [-0.25, -0.2) is 0 Å². The largest absolute Gasteiger partial charge is 0.327 e. The van der Waals surface area contributed by atoms with Crippen LogP contribution in [0.4, 0.5) is 0 Å². The number of hydrogen-bond acceptors (Lipinski definition) is 1. The standard InChI is InChI=1S/C16H35N/c1-5-9-11-14(7-3)13-16(17)15(8-4)12-10-6-2/h14-16H,5-13,17H2,1-4H3. The van der Waals surface area contributed by atoms with Crippen LogP contribution in [0.1, 0.15) is 85.5 Å². The molecule has 1 heteroatoms. The lowest BCUT2D eigenvalue weighted by atomic mass is 9.83. The molecular formula is C16H35N.